The third-order valence-corrected chi connectivity index (χ3v) is 3.89. The molecule has 88 valence electrons. The second-order valence-electron chi connectivity index (χ2n) is 5.34. The highest BCUT2D eigenvalue weighted by atomic mass is 16.3. The fourth-order valence-corrected chi connectivity index (χ4v) is 2.53. The maximum absolute atomic E-state index is 10.3. The molecule has 1 saturated carbocycles. The van der Waals surface area contributed by atoms with E-state index >= 15 is 0 Å². The SMILES string of the molecule is CC(C)c1cccc(C2(C(C)N)CC2)c1O. The number of benzene rings is 1. The summed E-state index contributed by atoms with van der Waals surface area (Å²) in [5, 5.41) is 10.3. The fourth-order valence-electron chi connectivity index (χ4n) is 2.53. The number of para-hydroxylation sites is 1. The lowest BCUT2D eigenvalue weighted by Gasteiger charge is -2.23. The van der Waals surface area contributed by atoms with Crippen LogP contribution in [0.25, 0.3) is 0 Å². The van der Waals surface area contributed by atoms with Crippen molar-refractivity contribution in [2.24, 2.45) is 5.73 Å². The van der Waals surface area contributed by atoms with Crippen LogP contribution in [0.3, 0.4) is 0 Å². The highest BCUT2D eigenvalue weighted by Gasteiger charge is 2.49. The zero-order valence-corrected chi connectivity index (χ0v) is 10.3. The van der Waals surface area contributed by atoms with E-state index in [2.05, 4.69) is 13.8 Å². The Morgan fingerprint density at radius 1 is 1.25 bits per heavy atom. The molecular weight excluding hydrogens is 198 g/mol. The van der Waals surface area contributed by atoms with Crippen molar-refractivity contribution >= 4 is 0 Å². The summed E-state index contributed by atoms with van der Waals surface area (Å²) in [5.74, 6) is 0.816. The van der Waals surface area contributed by atoms with Gasteiger partial charge in [-0.15, -0.1) is 0 Å². The Morgan fingerprint density at radius 3 is 2.31 bits per heavy atom. The Balaban J connectivity index is 2.47. The zero-order valence-electron chi connectivity index (χ0n) is 10.3. The standard InChI is InChI=1S/C14H21NO/c1-9(2)11-5-4-6-12(13(11)16)14(7-8-14)10(3)15/h4-6,9-10,16H,7-8,15H2,1-3H3. The Hall–Kier alpha value is -1.02. The summed E-state index contributed by atoms with van der Waals surface area (Å²) < 4.78 is 0. The maximum Gasteiger partial charge on any atom is 0.122 e. The van der Waals surface area contributed by atoms with E-state index in [0.717, 1.165) is 24.0 Å². The number of nitrogens with two attached hydrogens (primary N) is 1. The van der Waals surface area contributed by atoms with Crippen LogP contribution in [0.2, 0.25) is 0 Å². The van der Waals surface area contributed by atoms with Crippen molar-refractivity contribution in [1.29, 1.82) is 0 Å². The van der Waals surface area contributed by atoms with Crippen LogP contribution in [-0.2, 0) is 5.41 Å². The molecular formula is C14H21NO. The second kappa shape index (κ2) is 3.77. The zero-order chi connectivity index (χ0) is 11.9. The van der Waals surface area contributed by atoms with Crippen molar-refractivity contribution in [3.05, 3.63) is 29.3 Å². The molecule has 16 heavy (non-hydrogen) atoms. The number of hydrogen-bond donors (Lipinski definition) is 2. The largest absolute Gasteiger partial charge is 0.507 e. The van der Waals surface area contributed by atoms with Gasteiger partial charge in [0, 0.05) is 17.0 Å². The first-order valence-corrected chi connectivity index (χ1v) is 6.07. The molecule has 0 spiro atoms. The van der Waals surface area contributed by atoms with E-state index in [0.29, 0.717) is 11.7 Å². The monoisotopic (exact) mass is 219 g/mol. The molecule has 1 aromatic rings. The van der Waals surface area contributed by atoms with E-state index in [4.69, 9.17) is 5.73 Å². The average molecular weight is 219 g/mol. The molecule has 0 heterocycles. The predicted octanol–water partition coefficient (Wildman–Crippen LogP) is 2.89. The van der Waals surface area contributed by atoms with E-state index in [1.54, 1.807) is 0 Å². The molecule has 2 heteroatoms. The van der Waals surface area contributed by atoms with Gasteiger partial charge in [0.2, 0.25) is 0 Å². The van der Waals surface area contributed by atoms with Gasteiger partial charge in [-0.1, -0.05) is 32.0 Å². The van der Waals surface area contributed by atoms with Gasteiger partial charge in [-0.3, -0.25) is 0 Å². The van der Waals surface area contributed by atoms with Gasteiger partial charge in [0.05, 0.1) is 0 Å². The molecule has 1 atom stereocenters. The van der Waals surface area contributed by atoms with E-state index in [1.807, 2.05) is 25.1 Å². The maximum atomic E-state index is 10.3. The summed E-state index contributed by atoms with van der Waals surface area (Å²) in [4.78, 5) is 0. The van der Waals surface area contributed by atoms with Crippen LogP contribution in [0.15, 0.2) is 18.2 Å². The topological polar surface area (TPSA) is 46.2 Å². The third kappa shape index (κ3) is 1.61. The average Bonchev–Trinajstić information content (AvgIpc) is 2.98. The van der Waals surface area contributed by atoms with Gasteiger partial charge in [-0.25, -0.2) is 0 Å². The Kier molecular flexibility index (Phi) is 2.70. The molecule has 0 radical (unpaired) electrons. The molecule has 2 nitrogen and oxygen atoms in total. The van der Waals surface area contributed by atoms with Crippen LogP contribution in [0.5, 0.6) is 5.75 Å². The van der Waals surface area contributed by atoms with Gasteiger partial charge >= 0.3 is 0 Å². The fraction of sp³-hybridized carbons (Fsp3) is 0.571. The van der Waals surface area contributed by atoms with Crippen LogP contribution >= 0.6 is 0 Å². The summed E-state index contributed by atoms with van der Waals surface area (Å²) in [6.45, 7) is 6.24. The van der Waals surface area contributed by atoms with Crippen LogP contribution in [0, 0.1) is 0 Å². The van der Waals surface area contributed by atoms with Crippen molar-refractivity contribution in [2.45, 2.75) is 51.0 Å². The van der Waals surface area contributed by atoms with Crippen LogP contribution in [-0.4, -0.2) is 11.1 Å². The van der Waals surface area contributed by atoms with Gasteiger partial charge in [0.15, 0.2) is 0 Å². The lowest BCUT2D eigenvalue weighted by molar-refractivity contribution is 0.438. The third-order valence-electron chi connectivity index (χ3n) is 3.89. The Bertz CT molecular complexity index is 392. The van der Waals surface area contributed by atoms with Gasteiger partial charge in [-0.05, 0) is 31.2 Å². The smallest absolute Gasteiger partial charge is 0.122 e. The summed E-state index contributed by atoms with van der Waals surface area (Å²) in [6, 6.07) is 6.17. The number of phenolic OH excluding ortho intramolecular Hbond substituents is 1. The molecule has 1 aliphatic rings. The molecule has 1 aliphatic carbocycles. The minimum absolute atomic E-state index is 0.0367. The van der Waals surface area contributed by atoms with E-state index < -0.39 is 0 Å². The molecule has 0 aliphatic heterocycles. The first kappa shape index (κ1) is 11.5. The lowest BCUT2D eigenvalue weighted by atomic mass is 9.86. The molecule has 3 N–H and O–H groups in total. The lowest BCUT2D eigenvalue weighted by Crippen LogP contribution is -2.31. The van der Waals surface area contributed by atoms with Gasteiger partial charge in [-0.2, -0.15) is 0 Å². The van der Waals surface area contributed by atoms with Crippen molar-refractivity contribution < 1.29 is 5.11 Å². The minimum Gasteiger partial charge on any atom is -0.507 e. The number of hydrogen-bond acceptors (Lipinski definition) is 2. The first-order valence-electron chi connectivity index (χ1n) is 6.07. The normalized spacial score (nSPS) is 19.8. The second-order valence-corrected chi connectivity index (χ2v) is 5.34. The van der Waals surface area contributed by atoms with Gasteiger partial charge in [0.25, 0.3) is 0 Å². The van der Waals surface area contributed by atoms with Gasteiger partial charge < -0.3 is 10.8 Å². The molecule has 0 amide bonds. The number of rotatable bonds is 3. The van der Waals surface area contributed by atoms with Crippen molar-refractivity contribution in [3.8, 4) is 5.75 Å². The first-order chi connectivity index (χ1) is 7.49. The molecule has 0 saturated heterocycles. The van der Waals surface area contributed by atoms with Crippen molar-refractivity contribution in [1.82, 2.24) is 0 Å². The molecule has 1 unspecified atom stereocenters. The Labute approximate surface area is 97.5 Å². The number of aromatic hydroxyl groups is 1. The van der Waals surface area contributed by atoms with Crippen molar-refractivity contribution in [3.63, 3.8) is 0 Å². The van der Waals surface area contributed by atoms with Crippen LogP contribution in [0.1, 0.15) is 50.7 Å². The summed E-state index contributed by atoms with van der Waals surface area (Å²) in [6.07, 6.45) is 2.19. The van der Waals surface area contributed by atoms with Crippen molar-refractivity contribution in [2.75, 3.05) is 0 Å². The highest BCUT2D eigenvalue weighted by molar-refractivity contribution is 5.49. The Morgan fingerprint density at radius 2 is 1.88 bits per heavy atom. The molecule has 1 aromatic carbocycles. The molecule has 1 fully saturated rings. The van der Waals surface area contributed by atoms with E-state index in [1.165, 1.54) is 0 Å². The van der Waals surface area contributed by atoms with Crippen LogP contribution < -0.4 is 5.73 Å². The molecule has 0 bridgehead atoms. The highest BCUT2D eigenvalue weighted by Crippen LogP contribution is 2.53. The van der Waals surface area contributed by atoms with E-state index in [9.17, 15) is 5.11 Å². The van der Waals surface area contributed by atoms with E-state index in [-0.39, 0.29) is 11.5 Å². The summed E-state index contributed by atoms with van der Waals surface area (Å²) in [7, 11) is 0. The predicted molar refractivity (Wildman–Crippen MR) is 66.8 cm³/mol. The van der Waals surface area contributed by atoms with Crippen LogP contribution in [0.4, 0.5) is 0 Å². The van der Waals surface area contributed by atoms with Gasteiger partial charge in [0.1, 0.15) is 5.75 Å². The summed E-state index contributed by atoms with van der Waals surface area (Å²) in [5.41, 5.74) is 8.17. The minimum atomic E-state index is 0.0367. The summed E-state index contributed by atoms with van der Waals surface area (Å²) >= 11 is 0. The quantitative estimate of drug-likeness (QED) is 0.821. The molecule has 2 rings (SSSR count). The molecule has 0 aromatic heterocycles. The number of phenols is 1.